The van der Waals surface area contributed by atoms with E-state index in [1.807, 2.05) is 0 Å². The number of carboxylic acid groups (broad SMARTS) is 1. The van der Waals surface area contributed by atoms with Gasteiger partial charge in [0.25, 0.3) is 11.8 Å². The van der Waals surface area contributed by atoms with Crippen LogP contribution in [0.2, 0.25) is 0 Å². The molecule has 1 aliphatic rings. The highest BCUT2D eigenvalue weighted by molar-refractivity contribution is 6.53. The minimum Gasteiger partial charge on any atom is -0.481 e. The molecule has 0 unspecified atom stereocenters. The average molecular weight is 427 g/mol. The highest BCUT2D eigenvalue weighted by atomic mass is 19.1. The van der Waals surface area contributed by atoms with Gasteiger partial charge in [0.05, 0.1) is 23.2 Å². The topological polar surface area (TPSA) is 136 Å². The summed E-state index contributed by atoms with van der Waals surface area (Å²) in [6.45, 7) is 3.88. The molecule has 2 aromatic rings. The van der Waals surface area contributed by atoms with Crippen LogP contribution in [0.3, 0.4) is 0 Å². The van der Waals surface area contributed by atoms with Crippen LogP contribution in [0, 0.1) is 19.7 Å². The van der Waals surface area contributed by atoms with E-state index in [1.165, 1.54) is 24.4 Å². The van der Waals surface area contributed by atoms with Crippen LogP contribution in [0.5, 0.6) is 0 Å². The third-order valence-electron chi connectivity index (χ3n) is 4.85. The first-order valence-corrected chi connectivity index (χ1v) is 9.69. The number of nitrogens with one attached hydrogen (secondary N) is 3. The van der Waals surface area contributed by atoms with E-state index in [1.54, 1.807) is 13.8 Å². The summed E-state index contributed by atoms with van der Waals surface area (Å²) in [5.74, 6) is -2.09. The van der Waals surface area contributed by atoms with Crippen LogP contribution < -0.4 is 10.6 Å². The summed E-state index contributed by atoms with van der Waals surface area (Å²) < 4.78 is 13.5. The Morgan fingerprint density at radius 3 is 2.77 bits per heavy atom. The number of aromatic nitrogens is 1. The van der Waals surface area contributed by atoms with Gasteiger partial charge in [0.1, 0.15) is 5.82 Å². The summed E-state index contributed by atoms with van der Waals surface area (Å²) in [6, 6.07) is 3.92. The van der Waals surface area contributed by atoms with Gasteiger partial charge < -0.3 is 20.7 Å². The van der Waals surface area contributed by atoms with Gasteiger partial charge >= 0.3 is 5.97 Å². The molecule has 31 heavy (non-hydrogen) atoms. The summed E-state index contributed by atoms with van der Waals surface area (Å²) in [6.07, 6.45) is 2.51. The van der Waals surface area contributed by atoms with E-state index in [9.17, 15) is 18.8 Å². The Bertz CT molecular complexity index is 1100. The SMILES string of the molecule is Cc1[nH]c(/C=N/N=C2\C(=O)Nc3ccc(F)cc32)c(C)c1C(=O)NCCCCC(=O)O. The Hall–Kier alpha value is -3.82. The largest absolute Gasteiger partial charge is 0.481 e. The molecule has 0 atom stereocenters. The molecule has 1 aliphatic heterocycles. The predicted octanol–water partition coefficient (Wildman–Crippen LogP) is 2.53. The Balaban J connectivity index is 1.70. The van der Waals surface area contributed by atoms with E-state index in [0.717, 1.165) is 0 Å². The number of aromatic amines is 1. The smallest absolute Gasteiger partial charge is 0.303 e. The lowest BCUT2D eigenvalue weighted by molar-refractivity contribution is -0.137. The lowest BCUT2D eigenvalue weighted by Gasteiger charge is -2.05. The second kappa shape index (κ2) is 9.33. The first-order valence-electron chi connectivity index (χ1n) is 9.69. The number of aryl methyl sites for hydroxylation is 1. The fraction of sp³-hybridized carbons (Fsp3) is 0.286. The number of benzene rings is 1. The molecule has 0 bridgehead atoms. The van der Waals surface area contributed by atoms with E-state index >= 15 is 0 Å². The van der Waals surface area contributed by atoms with Crippen molar-refractivity contribution in [2.24, 2.45) is 10.2 Å². The second-order valence-corrected chi connectivity index (χ2v) is 7.11. The molecule has 3 rings (SSSR count). The number of hydrogen-bond acceptors (Lipinski definition) is 5. The summed E-state index contributed by atoms with van der Waals surface area (Å²) in [4.78, 5) is 38.1. The molecule has 0 spiro atoms. The van der Waals surface area contributed by atoms with Crippen molar-refractivity contribution < 1.29 is 23.9 Å². The minimum atomic E-state index is -0.861. The molecule has 1 aromatic heterocycles. The second-order valence-electron chi connectivity index (χ2n) is 7.11. The number of aliphatic carboxylic acids is 1. The number of hydrogen-bond donors (Lipinski definition) is 4. The highest BCUT2D eigenvalue weighted by Crippen LogP contribution is 2.24. The van der Waals surface area contributed by atoms with Gasteiger partial charge in [-0.05, 0) is 50.5 Å². The maximum Gasteiger partial charge on any atom is 0.303 e. The third kappa shape index (κ3) is 5.03. The Kier molecular flexibility index (Phi) is 6.58. The van der Waals surface area contributed by atoms with Crippen molar-refractivity contribution in [2.75, 3.05) is 11.9 Å². The summed E-state index contributed by atoms with van der Waals surface area (Å²) in [5, 5.41) is 21.9. The Morgan fingerprint density at radius 1 is 1.26 bits per heavy atom. The number of rotatable bonds is 8. The van der Waals surface area contributed by atoms with Crippen LogP contribution in [-0.2, 0) is 9.59 Å². The van der Waals surface area contributed by atoms with Gasteiger partial charge in [0, 0.05) is 24.2 Å². The van der Waals surface area contributed by atoms with Crippen molar-refractivity contribution in [2.45, 2.75) is 33.1 Å². The van der Waals surface area contributed by atoms with Gasteiger partial charge in [-0.15, -0.1) is 5.10 Å². The number of H-pyrrole nitrogens is 1. The van der Waals surface area contributed by atoms with Gasteiger partial charge in [-0.2, -0.15) is 5.10 Å². The predicted molar refractivity (Wildman–Crippen MR) is 113 cm³/mol. The van der Waals surface area contributed by atoms with E-state index in [0.29, 0.717) is 53.2 Å². The van der Waals surface area contributed by atoms with E-state index in [-0.39, 0.29) is 18.0 Å². The number of unbranched alkanes of at least 4 members (excludes halogenated alkanes) is 1. The zero-order valence-electron chi connectivity index (χ0n) is 17.1. The number of amides is 2. The van der Waals surface area contributed by atoms with E-state index in [4.69, 9.17) is 5.11 Å². The molecule has 2 heterocycles. The van der Waals surface area contributed by atoms with Gasteiger partial charge in [-0.1, -0.05) is 0 Å². The van der Waals surface area contributed by atoms with Crippen LogP contribution in [0.15, 0.2) is 28.4 Å². The number of anilines is 1. The number of carbonyl (C=O) groups excluding carboxylic acids is 2. The molecule has 9 nitrogen and oxygen atoms in total. The van der Waals surface area contributed by atoms with Crippen LogP contribution in [0.4, 0.5) is 10.1 Å². The molecule has 0 saturated heterocycles. The maximum atomic E-state index is 13.5. The molecule has 10 heteroatoms. The van der Waals surface area contributed by atoms with Gasteiger partial charge in [0.2, 0.25) is 0 Å². The van der Waals surface area contributed by atoms with Crippen molar-refractivity contribution in [1.82, 2.24) is 10.3 Å². The highest BCUT2D eigenvalue weighted by Gasteiger charge is 2.26. The van der Waals surface area contributed by atoms with Crippen molar-refractivity contribution in [3.8, 4) is 0 Å². The quantitative estimate of drug-likeness (QED) is 0.292. The monoisotopic (exact) mass is 427 g/mol. The average Bonchev–Trinajstić information content (AvgIpc) is 3.16. The zero-order valence-corrected chi connectivity index (χ0v) is 17.1. The molecule has 0 radical (unpaired) electrons. The number of carbonyl (C=O) groups is 3. The van der Waals surface area contributed by atoms with Gasteiger partial charge in [-0.3, -0.25) is 14.4 Å². The number of nitrogens with zero attached hydrogens (tertiary/aromatic N) is 2. The summed E-state index contributed by atoms with van der Waals surface area (Å²) >= 11 is 0. The fourth-order valence-corrected chi connectivity index (χ4v) is 3.30. The lowest BCUT2D eigenvalue weighted by atomic mass is 10.1. The normalized spacial score (nSPS) is 14.2. The summed E-state index contributed by atoms with van der Waals surface area (Å²) in [7, 11) is 0. The van der Waals surface area contributed by atoms with E-state index in [2.05, 4.69) is 25.8 Å². The van der Waals surface area contributed by atoms with Crippen LogP contribution >= 0.6 is 0 Å². The Labute approximate surface area is 177 Å². The summed E-state index contributed by atoms with van der Waals surface area (Å²) in [5.41, 5.74) is 3.13. The van der Waals surface area contributed by atoms with Gasteiger partial charge in [0.15, 0.2) is 5.71 Å². The minimum absolute atomic E-state index is 0.00556. The molecule has 4 N–H and O–H groups in total. The first kappa shape index (κ1) is 21.9. The number of carboxylic acids is 1. The van der Waals surface area contributed by atoms with Gasteiger partial charge in [-0.25, -0.2) is 4.39 Å². The molecule has 162 valence electrons. The van der Waals surface area contributed by atoms with Crippen LogP contribution in [-0.4, -0.2) is 46.3 Å². The zero-order chi connectivity index (χ0) is 22.5. The van der Waals surface area contributed by atoms with Crippen LogP contribution in [0.1, 0.15) is 52.1 Å². The van der Waals surface area contributed by atoms with Crippen molar-refractivity contribution >= 4 is 35.4 Å². The first-order chi connectivity index (χ1) is 14.8. The molecular weight excluding hydrogens is 405 g/mol. The van der Waals surface area contributed by atoms with Crippen molar-refractivity contribution in [3.05, 3.63) is 52.1 Å². The molecule has 2 amide bonds. The lowest BCUT2D eigenvalue weighted by Crippen LogP contribution is -2.25. The molecule has 0 saturated carbocycles. The fourth-order valence-electron chi connectivity index (χ4n) is 3.30. The number of fused-ring (bicyclic) bond motifs is 1. The maximum absolute atomic E-state index is 13.5. The van der Waals surface area contributed by atoms with Crippen molar-refractivity contribution in [1.29, 1.82) is 0 Å². The molecule has 1 aromatic carbocycles. The standard InChI is InChI=1S/C21H22FN5O4/c1-11-16(25-12(2)18(11)20(30)23-8-4-3-5-17(28)29)10-24-27-19-14-9-13(22)6-7-15(14)26-21(19)31/h6-7,9-10,25H,3-5,8H2,1-2H3,(H,23,30)(H,28,29)(H,26,27,31)/b24-10+. The Morgan fingerprint density at radius 2 is 2.03 bits per heavy atom. The molecule has 0 fully saturated rings. The van der Waals surface area contributed by atoms with Crippen LogP contribution in [0.25, 0.3) is 0 Å². The van der Waals surface area contributed by atoms with E-state index < -0.39 is 17.7 Å². The van der Waals surface area contributed by atoms with Crippen molar-refractivity contribution in [3.63, 3.8) is 0 Å². The third-order valence-corrected chi connectivity index (χ3v) is 4.85. The molecular formula is C21H22FN5O4. The number of halogens is 1. The molecule has 0 aliphatic carbocycles.